The molecule has 9 heteroatoms. The SMILES string of the molecule is CCN(CCc1nc(C(C)(C)O)c(C)o1)C(=O)c1cc(F)ccc1-n1nccn1. The highest BCUT2D eigenvalue weighted by atomic mass is 19.1. The molecule has 0 saturated carbocycles. The number of benzene rings is 1. The Morgan fingerprint density at radius 1 is 1.31 bits per heavy atom. The van der Waals surface area contributed by atoms with Gasteiger partial charge in [-0.05, 0) is 45.9 Å². The molecule has 3 rings (SSSR count). The Morgan fingerprint density at radius 2 is 2.00 bits per heavy atom. The normalized spacial score (nSPS) is 11.7. The summed E-state index contributed by atoms with van der Waals surface area (Å²) in [5.74, 6) is 0.113. The van der Waals surface area contributed by atoms with Gasteiger partial charge < -0.3 is 14.4 Å². The Bertz CT molecular complexity index is 992. The summed E-state index contributed by atoms with van der Waals surface area (Å²) in [6, 6.07) is 3.92. The van der Waals surface area contributed by atoms with E-state index in [0.29, 0.717) is 42.5 Å². The summed E-state index contributed by atoms with van der Waals surface area (Å²) in [6.45, 7) is 7.59. The smallest absolute Gasteiger partial charge is 0.256 e. The van der Waals surface area contributed by atoms with Crippen molar-refractivity contribution in [3.63, 3.8) is 0 Å². The molecular formula is C20H24FN5O3. The van der Waals surface area contributed by atoms with Gasteiger partial charge in [0.05, 0.1) is 23.6 Å². The number of halogens is 1. The first-order chi connectivity index (χ1) is 13.7. The highest BCUT2D eigenvalue weighted by molar-refractivity contribution is 5.97. The minimum atomic E-state index is -1.11. The lowest BCUT2D eigenvalue weighted by Gasteiger charge is -2.21. The van der Waals surface area contributed by atoms with E-state index in [4.69, 9.17) is 4.42 Å². The van der Waals surface area contributed by atoms with Crippen molar-refractivity contribution in [2.24, 2.45) is 0 Å². The molecule has 0 unspecified atom stereocenters. The average Bonchev–Trinajstić information content (AvgIpc) is 3.31. The van der Waals surface area contributed by atoms with Gasteiger partial charge in [-0.15, -0.1) is 0 Å². The third kappa shape index (κ3) is 4.51. The van der Waals surface area contributed by atoms with Gasteiger partial charge in [-0.2, -0.15) is 15.0 Å². The predicted molar refractivity (Wildman–Crippen MR) is 103 cm³/mol. The number of nitrogens with zero attached hydrogens (tertiary/aromatic N) is 5. The quantitative estimate of drug-likeness (QED) is 0.654. The van der Waals surface area contributed by atoms with Crippen LogP contribution in [0.3, 0.4) is 0 Å². The van der Waals surface area contributed by atoms with Gasteiger partial charge in [-0.25, -0.2) is 9.37 Å². The van der Waals surface area contributed by atoms with Gasteiger partial charge >= 0.3 is 0 Å². The Labute approximate surface area is 168 Å². The van der Waals surface area contributed by atoms with Gasteiger partial charge in [0, 0.05) is 19.5 Å². The summed E-state index contributed by atoms with van der Waals surface area (Å²) in [5, 5.41) is 18.2. The zero-order chi connectivity index (χ0) is 21.2. The second kappa shape index (κ2) is 8.12. The number of aromatic nitrogens is 4. The van der Waals surface area contributed by atoms with Crippen LogP contribution in [0.4, 0.5) is 4.39 Å². The number of aryl methyl sites for hydroxylation is 1. The first kappa shape index (κ1) is 20.7. The predicted octanol–water partition coefficient (Wildman–Crippen LogP) is 2.64. The van der Waals surface area contributed by atoms with Crippen molar-refractivity contribution in [3.05, 3.63) is 59.3 Å². The van der Waals surface area contributed by atoms with Crippen molar-refractivity contribution in [1.29, 1.82) is 0 Å². The van der Waals surface area contributed by atoms with Crippen LogP contribution in [0.25, 0.3) is 5.69 Å². The first-order valence-corrected chi connectivity index (χ1v) is 9.35. The second-order valence-corrected chi connectivity index (χ2v) is 7.19. The Hall–Kier alpha value is -3.07. The molecule has 1 amide bonds. The van der Waals surface area contributed by atoms with E-state index in [1.165, 1.54) is 35.4 Å². The molecule has 29 heavy (non-hydrogen) atoms. The van der Waals surface area contributed by atoms with E-state index in [1.807, 2.05) is 6.92 Å². The topological polar surface area (TPSA) is 97.3 Å². The molecule has 1 N–H and O–H groups in total. The lowest BCUT2D eigenvalue weighted by molar-refractivity contribution is 0.0725. The summed E-state index contributed by atoms with van der Waals surface area (Å²) >= 11 is 0. The molecule has 0 atom stereocenters. The highest BCUT2D eigenvalue weighted by Gasteiger charge is 2.25. The van der Waals surface area contributed by atoms with Crippen LogP contribution in [0.15, 0.2) is 35.0 Å². The molecule has 8 nitrogen and oxygen atoms in total. The fraction of sp³-hybridized carbons (Fsp3) is 0.400. The molecule has 2 aromatic heterocycles. The van der Waals surface area contributed by atoms with Crippen molar-refractivity contribution in [2.45, 2.75) is 39.7 Å². The number of hydrogen-bond acceptors (Lipinski definition) is 6. The molecule has 0 aliphatic rings. The van der Waals surface area contributed by atoms with Gasteiger partial charge in [0.2, 0.25) is 0 Å². The molecule has 3 aromatic rings. The summed E-state index contributed by atoms with van der Waals surface area (Å²) in [4.78, 5) is 20.3. The molecule has 1 aromatic carbocycles. The number of amides is 1. The molecule has 0 aliphatic carbocycles. The molecule has 0 fully saturated rings. The van der Waals surface area contributed by atoms with Gasteiger partial charge in [-0.1, -0.05) is 0 Å². The van der Waals surface area contributed by atoms with E-state index in [2.05, 4.69) is 15.2 Å². The first-order valence-electron chi connectivity index (χ1n) is 9.35. The van der Waals surface area contributed by atoms with Gasteiger partial charge in [0.1, 0.15) is 22.9 Å². The van der Waals surface area contributed by atoms with E-state index in [0.717, 1.165) is 0 Å². The van der Waals surface area contributed by atoms with Crippen LogP contribution >= 0.6 is 0 Å². The lowest BCUT2D eigenvalue weighted by atomic mass is 10.0. The summed E-state index contributed by atoms with van der Waals surface area (Å²) in [5.41, 5.74) is -0.0710. The minimum Gasteiger partial charge on any atom is -0.446 e. The number of carbonyl (C=O) groups excluding carboxylic acids is 1. The maximum atomic E-state index is 13.9. The molecular weight excluding hydrogens is 377 g/mol. The van der Waals surface area contributed by atoms with Crippen molar-refractivity contribution < 1.29 is 18.7 Å². The molecule has 0 spiro atoms. The second-order valence-electron chi connectivity index (χ2n) is 7.19. The standard InChI is InChI=1S/C20H24FN5O3/c1-5-25(11-8-17-24-18(13(2)29-17)20(3,4)28)19(27)15-12-14(21)6-7-16(15)26-22-9-10-23-26/h6-7,9-10,12,28H,5,8,11H2,1-4H3. The lowest BCUT2D eigenvalue weighted by Crippen LogP contribution is -2.33. The zero-order valence-electron chi connectivity index (χ0n) is 16.9. The molecule has 2 heterocycles. The maximum absolute atomic E-state index is 13.9. The van der Waals surface area contributed by atoms with E-state index in [1.54, 1.807) is 25.7 Å². The van der Waals surface area contributed by atoms with Crippen LogP contribution in [-0.2, 0) is 12.0 Å². The van der Waals surface area contributed by atoms with Crippen molar-refractivity contribution in [1.82, 2.24) is 24.9 Å². The maximum Gasteiger partial charge on any atom is 0.256 e. The van der Waals surface area contributed by atoms with Crippen LogP contribution < -0.4 is 0 Å². The molecule has 0 radical (unpaired) electrons. The van der Waals surface area contributed by atoms with Crippen molar-refractivity contribution in [2.75, 3.05) is 13.1 Å². The van der Waals surface area contributed by atoms with E-state index >= 15 is 0 Å². The largest absolute Gasteiger partial charge is 0.446 e. The fourth-order valence-corrected chi connectivity index (χ4v) is 3.12. The Kier molecular flexibility index (Phi) is 5.78. The number of carbonyl (C=O) groups is 1. The minimum absolute atomic E-state index is 0.170. The van der Waals surface area contributed by atoms with Crippen LogP contribution in [0.2, 0.25) is 0 Å². The van der Waals surface area contributed by atoms with Crippen LogP contribution in [0.1, 0.15) is 48.5 Å². The van der Waals surface area contributed by atoms with E-state index < -0.39 is 11.4 Å². The number of oxazole rings is 1. The van der Waals surface area contributed by atoms with Crippen molar-refractivity contribution in [3.8, 4) is 5.69 Å². The number of likely N-dealkylation sites (N-methyl/N-ethyl adjacent to an activating group) is 1. The summed E-state index contributed by atoms with van der Waals surface area (Å²) < 4.78 is 19.5. The zero-order valence-corrected chi connectivity index (χ0v) is 16.9. The number of rotatable bonds is 7. The Morgan fingerprint density at radius 3 is 2.59 bits per heavy atom. The molecule has 0 saturated heterocycles. The van der Waals surface area contributed by atoms with E-state index in [-0.39, 0.29) is 11.5 Å². The molecule has 0 bridgehead atoms. The van der Waals surface area contributed by atoms with Crippen molar-refractivity contribution >= 4 is 5.91 Å². The third-order valence-corrected chi connectivity index (χ3v) is 4.51. The van der Waals surface area contributed by atoms with E-state index in [9.17, 15) is 14.3 Å². The van der Waals surface area contributed by atoms with Crippen LogP contribution in [0, 0.1) is 12.7 Å². The summed E-state index contributed by atoms with van der Waals surface area (Å²) in [6.07, 6.45) is 3.34. The third-order valence-electron chi connectivity index (χ3n) is 4.51. The monoisotopic (exact) mass is 401 g/mol. The number of hydrogen-bond donors (Lipinski definition) is 1. The van der Waals surface area contributed by atoms with Gasteiger partial charge in [-0.3, -0.25) is 4.79 Å². The summed E-state index contributed by atoms with van der Waals surface area (Å²) in [7, 11) is 0. The molecule has 154 valence electrons. The Balaban J connectivity index is 1.81. The average molecular weight is 401 g/mol. The highest BCUT2D eigenvalue weighted by Crippen LogP contribution is 2.24. The number of aliphatic hydroxyl groups is 1. The molecule has 0 aliphatic heterocycles. The van der Waals surface area contributed by atoms with Gasteiger partial charge in [0.15, 0.2) is 5.89 Å². The fourth-order valence-electron chi connectivity index (χ4n) is 3.12. The van der Waals surface area contributed by atoms with Gasteiger partial charge in [0.25, 0.3) is 5.91 Å². The van der Waals surface area contributed by atoms with Crippen LogP contribution in [-0.4, -0.2) is 49.0 Å². The van der Waals surface area contributed by atoms with Crippen LogP contribution in [0.5, 0.6) is 0 Å².